The molecule has 0 radical (unpaired) electrons. The summed E-state index contributed by atoms with van der Waals surface area (Å²) in [5.74, 6) is 0. The molecule has 0 spiro atoms. The molecule has 0 amide bonds. The van der Waals surface area contributed by atoms with Crippen molar-refractivity contribution in [2.24, 2.45) is 0 Å². The Hall–Kier alpha value is 1.67. The van der Waals surface area contributed by atoms with E-state index in [0.29, 0.717) is 0 Å². The minimum absolute atomic E-state index is 0. The van der Waals surface area contributed by atoms with E-state index in [1.165, 1.54) is 0 Å². The Balaban J connectivity index is -0.0000000145. The summed E-state index contributed by atoms with van der Waals surface area (Å²) < 4.78 is 33.7. The Morgan fingerprint density at radius 3 is 0.786 bits per heavy atom. The molecule has 3 N–H and O–H groups in total. The van der Waals surface area contributed by atoms with Crippen molar-refractivity contribution in [3.8, 4) is 0 Å². The van der Waals surface area contributed by atoms with Crippen molar-refractivity contribution < 1.29 is 67.4 Å². The maximum Gasteiger partial charge on any atom is 1.00 e. The summed E-state index contributed by atoms with van der Waals surface area (Å²) in [6.07, 6.45) is 0. The smallest absolute Gasteiger partial charge is 0.772 e. The molecule has 0 aromatic carbocycles. The molecule has 0 aromatic rings. The van der Waals surface area contributed by atoms with Gasteiger partial charge < -0.3 is 19.6 Å². The summed E-state index contributed by atoms with van der Waals surface area (Å²) in [4.78, 5) is 29.3. The first-order chi connectivity index (χ1) is 5.66. The third-order valence-electron chi connectivity index (χ3n) is 0. The molecule has 0 heterocycles. The second-order valence-electron chi connectivity index (χ2n) is 0.319. The second kappa shape index (κ2) is 85.3. The van der Waals surface area contributed by atoms with E-state index in [1.807, 2.05) is 0 Å². The van der Waals surface area contributed by atoms with Crippen LogP contribution in [0.1, 0.15) is 0 Å². The van der Waals surface area contributed by atoms with Gasteiger partial charge in [-0.15, -0.1) is 0 Å². The van der Waals surface area contributed by atoms with Gasteiger partial charge in [0.2, 0.25) is 0 Å². The van der Waals surface area contributed by atoms with E-state index in [0.717, 1.165) is 0 Å². The molecule has 1 atom stereocenters. The molecule has 14 heavy (non-hydrogen) atoms. The standard InChI is InChI=1S/Na.4HO2P.H3P/c;4*1-3-2;/h;4*(H,1,2);1H3/q+1;;;;;/p-1. The fourth-order valence-electron chi connectivity index (χ4n) is 0. The van der Waals surface area contributed by atoms with Gasteiger partial charge in [0.15, 0.2) is 0 Å². The van der Waals surface area contributed by atoms with Crippen LogP contribution in [0.15, 0.2) is 0 Å². The average molecular weight is 312 g/mol. The van der Waals surface area contributed by atoms with Gasteiger partial charge in [-0.2, -0.15) is 9.90 Å². The van der Waals surface area contributed by atoms with Crippen LogP contribution in [0.3, 0.4) is 0 Å². The third-order valence-corrected chi connectivity index (χ3v) is 0. The quantitative estimate of drug-likeness (QED) is 0.320. The van der Waals surface area contributed by atoms with E-state index < -0.39 is 34.7 Å². The normalized spacial score (nSPS) is 6.00. The van der Waals surface area contributed by atoms with Gasteiger partial charge in [0, 0.05) is 0 Å². The van der Waals surface area contributed by atoms with Crippen molar-refractivity contribution in [1.82, 2.24) is 0 Å². The monoisotopic (exact) mass is 312 g/mol. The summed E-state index contributed by atoms with van der Waals surface area (Å²) in [5.41, 5.74) is 0. The van der Waals surface area contributed by atoms with Gasteiger partial charge in [0.25, 0.3) is 0 Å². The molecule has 0 aromatic heterocycles. The van der Waals surface area contributed by atoms with Crippen LogP contribution in [0.2, 0.25) is 0 Å². The van der Waals surface area contributed by atoms with Crippen molar-refractivity contribution in [2.45, 2.75) is 0 Å². The molecule has 80 valence electrons. The molecule has 0 fully saturated rings. The third kappa shape index (κ3) is 787. The largest absolute Gasteiger partial charge is 1.00 e. The first kappa shape index (κ1) is 36.1. The fraction of sp³-hybridized carbons (Fsp3) is 0. The molecule has 0 saturated heterocycles. The Kier molecular flexibility index (Phi) is 220. The summed E-state index contributed by atoms with van der Waals surface area (Å²) in [7, 11) is -3.58. The fourth-order valence-corrected chi connectivity index (χ4v) is 0. The molecule has 8 nitrogen and oxygen atoms in total. The number of rotatable bonds is 0. The molecule has 0 aliphatic rings. The zero-order valence-electron chi connectivity index (χ0n) is 6.88. The molecule has 0 aliphatic carbocycles. The minimum Gasteiger partial charge on any atom is -0.772 e. The first-order valence-corrected chi connectivity index (χ1v) is 4.54. The van der Waals surface area contributed by atoms with Crippen LogP contribution >= 0.6 is 44.6 Å². The summed E-state index contributed by atoms with van der Waals surface area (Å²) in [6, 6.07) is 0. The van der Waals surface area contributed by atoms with Crippen LogP contribution in [0.25, 0.3) is 0 Å². The van der Waals surface area contributed by atoms with Gasteiger partial charge in [0.05, 0.1) is 8.69 Å². The van der Waals surface area contributed by atoms with Crippen molar-refractivity contribution >= 4 is 44.6 Å². The molecular weight excluding hydrogens is 306 g/mol. The maximum absolute atomic E-state index is 8.46. The Labute approximate surface area is 112 Å². The predicted molar refractivity (Wildman–Crippen MR) is 48.2 cm³/mol. The van der Waals surface area contributed by atoms with Crippen LogP contribution < -0.4 is 34.5 Å². The molecular formula is H6NaO8P5. The molecule has 14 heteroatoms. The van der Waals surface area contributed by atoms with Crippen molar-refractivity contribution in [3.05, 3.63) is 0 Å². The molecule has 0 saturated carbocycles. The number of hydrogen-bond donors (Lipinski definition) is 3. The summed E-state index contributed by atoms with van der Waals surface area (Å²) in [6.45, 7) is 0. The van der Waals surface area contributed by atoms with E-state index in [2.05, 4.69) is 0 Å². The zero-order chi connectivity index (χ0) is 10.8. The van der Waals surface area contributed by atoms with Crippen LogP contribution in [-0.2, 0) is 18.3 Å². The van der Waals surface area contributed by atoms with Gasteiger partial charge in [-0.1, -0.05) is 0 Å². The van der Waals surface area contributed by atoms with Crippen molar-refractivity contribution in [1.29, 1.82) is 0 Å². The minimum atomic E-state index is -1.08. The van der Waals surface area contributed by atoms with Crippen LogP contribution in [-0.4, -0.2) is 14.7 Å². The first-order valence-electron chi connectivity index (χ1n) is 1.51. The summed E-state index contributed by atoms with van der Waals surface area (Å²) in [5, 5.41) is 0. The van der Waals surface area contributed by atoms with Crippen LogP contribution in [0.5, 0.6) is 0 Å². The number of hydrogen-bond acceptors (Lipinski definition) is 5. The van der Waals surface area contributed by atoms with Gasteiger partial charge in [-0.3, -0.25) is 4.57 Å². The SMILES string of the molecule is O=PO.O=PO.O=PO.O=P[O-].P.[Na+]. The second-order valence-corrected chi connectivity index (χ2v) is 0.958. The van der Waals surface area contributed by atoms with Crippen LogP contribution in [0, 0.1) is 0 Å². The predicted octanol–water partition coefficient (Wildman–Crippen LogP) is -2.83. The van der Waals surface area contributed by atoms with Crippen molar-refractivity contribution in [2.75, 3.05) is 0 Å². The van der Waals surface area contributed by atoms with Crippen molar-refractivity contribution in [3.63, 3.8) is 0 Å². The molecule has 1 unspecified atom stereocenters. The van der Waals surface area contributed by atoms with Gasteiger partial charge in [-0.25, -0.2) is 13.7 Å². The van der Waals surface area contributed by atoms with E-state index in [9.17, 15) is 0 Å². The summed E-state index contributed by atoms with van der Waals surface area (Å²) >= 11 is 0. The Morgan fingerprint density at radius 1 is 0.786 bits per heavy atom. The van der Waals surface area contributed by atoms with E-state index in [-0.39, 0.29) is 39.5 Å². The van der Waals surface area contributed by atoms with E-state index in [1.54, 1.807) is 0 Å². The Bertz CT molecular complexity index is 71.7. The molecule has 0 aliphatic heterocycles. The van der Waals surface area contributed by atoms with Crippen LogP contribution in [0.4, 0.5) is 0 Å². The van der Waals surface area contributed by atoms with E-state index >= 15 is 0 Å². The molecule has 0 bridgehead atoms. The van der Waals surface area contributed by atoms with Gasteiger partial charge in [-0.05, 0) is 0 Å². The average Bonchev–Trinajstić information content (AvgIpc) is 1.92. The maximum atomic E-state index is 8.46. The van der Waals surface area contributed by atoms with Gasteiger partial charge >= 0.3 is 55.6 Å². The molecule has 0 rings (SSSR count). The Morgan fingerprint density at radius 2 is 0.786 bits per heavy atom. The zero-order valence-corrected chi connectivity index (χ0v) is 13.9. The topological polar surface area (TPSA) is 152 Å². The van der Waals surface area contributed by atoms with Gasteiger partial charge in [0.1, 0.15) is 0 Å². The van der Waals surface area contributed by atoms with E-state index in [4.69, 9.17) is 37.8 Å².